The van der Waals surface area contributed by atoms with E-state index in [1.165, 1.54) is 4.31 Å². The Bertz CT molecular complexity index is 312. The van der Waals surface area contributed by atoms with E-state index >= 15 is 0 Å². The maximum Gasteiger partial charge on any atom is 0.261 e. The lowest BCUT2D eigenvalue weighted by atomic mass is 10.3. The summed E-state index contributed by atoms with van der Waals surface area (Å²) < 4.78 is 26.0. The van der Waals surface area contributed by atoms with Gasteiger partial charge in [0, 0.05) is 7.05 Å². The van der Waals surface area contributed by atoms with Crippen molar-refractivity contribution in [2.75, 3.05) is 18.0 Å². The van der Waals surface area contributed by atoms with Crippen molar-refractivity contribution in [1.29, 1.82) is 0 Å². The zero-order chi connectivity index (χ0) is 10.6. The third-order valence-electron chi connectivity index (χ3n) is 1.75. The number of ether oxygens (including phenoxy) is 1. The van der Waals surface area contributed by atoms with E-state index in [0.717, 1.165) is 5.75 Å². The Morgan fingerprint density at radius 3 is 2.43 bits per heavy atom. The summed E-state index contributed by atoms with van der Waals surface area (Å²) in [6.07, 6.45) is 0. The number of anilines is 1. The lowest BCUT2D eigenvalue weighted by Crippen LogP contribution is -2.18. The van der Waals surface area contributed by atoms with Gasteiger partial charge in [0.2, 0.25) is 0 Å². The second-order valence-electron chi connectivity index (χ2n) is 2.66. The fourth-order valence-corrected chi connectivity index (χ4v) is 1.31. The molecule has 5 heteroatoms. The summed E-state index contributed by atoms with van der Waals surface area (Å²) >= 11 is -1.98. The molecule has 14 heavy (non-hydrogen) atoms. The first-order valence-electron chi connectivity index (χ1n) is 4.22. The Balaban J connectivity index is 2.77. The fourth-order valence-electron chi connectivity index (χ4n) is 1.01. The summed E-state index contributed by atoms with van der Waals surface area (Å²) in [4.78, 5) is 0. The largest absolute Gasteiger partial charge is 0.494 e. The highest BCUT2D eigenvalue weighted by Crippen LogP contribution is 2.18. The Morgan fingerprint density at radius 1 is 1.43 bits per heavy atom. The predicted octanol–water partition coefficient (Wildman–Crippen LogP) is 1.66. The van der Waals surface area contributed by atoms with Crippen molar-refractivity contribution < 1.29 is 13.5 Å². The van der Waals surface area contributed by atoms with Crippen molar-refractivity contribution >= 4 is 17.0 Å². The Hall–Kier alpha value is -1.07. The van der Waals surface area contributed by atoms with Gasteiger partial charge in [0.05, 0.1) is 12.3 Å². The summed E-state index contributed by atoms with van der Waals surface area (Å²) in [6.45, 7) is 2.52. The van der Waals surface area contributed by atoms with Crippen molar-refractivity contribution in [3.8, 4) is 5.75 Å². The molecular formula is C9H13NO3S. The van der Waals surface area contributed by atoms with E-state index in [0.29, 0.717) is 12.3 Å². The molecule has 0 bridgehead atoms. The van der Waals surface area contributed by atoms with Gasteiger partial charge >= 0.3 is 0 Å². The van der Waals surface area contributed by atoms with Crippen LogP contribution in [0.15, 0.2) is 24.3 Å². The Labute approximate surface area is 85.9 Å². The predicted molar refractivity (Wildman–Crippen MR) is 56.8 cm³/mol. The van der Waals surface area contributed by atoms with Gasteiger partial charge in [-0.05, 0) is 31.2 Å². The molecule has 0 saturated heterocycles. The van der Waals surface area contributed by atoms with Crippen molar-refractivity contribution in [3.05, 3.63) is 24.3 Å². The first-order valence-corrected chi connectivity index (χ1v) is 5.29. The molecule has 0 fully saturated rings. The lowest BCUT2D eigenvalue weighted by molar-refractivity contribution is 0.340. The number of hydrogen-bond acceptors (Lipinski definition) is 2. The van der Waals surface area contributed by atoms with Gasteiger partial charge in [0.25, 0.3) is 11.3 Å². The quantitative estimate of drug-likeness (QED) is 0.777. The number of hydrogen-bond donors (Lipinski definition) is 1. The van der Waals surface area contributed by atoms with E-state index in [1.54, 1.807) is 31.3 Å². The maximum absolute atomic E-state index is 10.7. The second-order valence-corrected chi connectivity index (χ2v) is 3.66. The van der Waals surface area contributed by atoms with Gasteiger partial charge in [0.1, 0.15) is 5.75 Å². The van der Waals surface area contributed by atoms with Crippen molar-refractivity contribution in [1.82, 2.24) is 0 Å². The molecule has 4 nitrogen and oxygen atoms in total. The summed E-state index contributed by atoms with van der Waals surface area (Å²) in [5, 5.41) is 0. The van der Waals surface area contributed by atoms with Gasteiger partial charge in [-0.15, -0.1) is 0 Å². The van der Waals surface area contributed by atoms with Crippen LogP contribution in [0.1, 0.15) is 6.92 Å². The minimum Gasteiger partial charge on any atom is -0.494 e. The van der Waals surface area contributed by atoms with Crippen molar-refractivity contribution in [2.24, 2.45) is 0 Å². The van der Waals surface area contributed by atoms with Gasteiger partial charge in [-0.2, -0.15) is 0 Å². The molecule has 1 aromatic rings. The van der Waals surface area contributed by atoms with Gasteiger partial charge in [-0.3, -0.25) is 8.86 Å². The summed E-state index contributed by atoms with van der Waals surface area (Å²) in [5.74, 6) is 0.758. The molecule has 1 rings (SSSR count). The van der Waals surface area contributed by atoms with E-state index in [9.17, 15) is 4.21 Å². The van der Waals surface area contributed by atoms with Gasteiger partial charge < -0.3 is 4.74 Å². The van der Waals surface area contributed by atoms with Crippen molar-refractivity contribution in [3.63, 3.8) is 0 Å². The smallest absolute Gasteiger partial charge is 0.261 e. The van der Waals surface area contributed by atoms with E-state index < -0.39 is 11.3 Å². The van der Waals surface area contributed by atoms with Crippen LogP contribution in [0.25, 0.3) is 0 Å². The molecule has 0 amide bonds. The van der Waals surface area contributed by atoms with E-state index in [-0.39, 0.29) is 0 Å². The number of rotatable bonds is 4. The molecule has 1 atom stereocenters. The highest BCUT2D eigenvalue weighted by Gasteiger charge is 2.05. The van der Waals surface area contributed by atoms with Crippen LogP contribution in [0.3, 0.4) is 0 Å². The fraction of sp³-hybridized carbons (Fsp3) is 0.333. The summed E-state index contributed by atoms with van der Waals surface area (Å²) in [6, 6.07) is 7.00. The first-order chi connectivity index (χ1) is 6.65. The van der Waals surface area contributed by atoms with Crippen LogP contribution in [0.5, 0.6) is 5.75 Å². The average Bonchev–Trinajstić information content (AvgIpc) is 2.18. The van der Waals surface area contributed by atoms with Crippen LogP contribution in [0.2, 0.25) is 0 Å². The zero-order valence-corrected chi connectivity index (χ0v) is 8.95. The summed E-state index contributed by atoms with van der Waals surface area (Å²) in [7, 11) is 1.55. The van der Waals surface area contributed by atoms with Crippen LogP contribution in [0.4, 0.5) is 5.69 Å². The van der Waals surface area contributed by atoms with Crippen LogP contribution < -0.4 is 9.04 Å². The van der Waals surface area contributed by atoms with Crippen LogP contribution in [0, 0.1) is 0 Å². The van der Waals surface area contributed by atoms with Crippen LogP contribution >= 0.6 is 0 Å². The molecule has 0 aromatic heterocycles. The topological polar surface area (TPSA) is 49.8 Å². The van der Waals surface area contributed by atoms with E-state index in [2.05, 4.69) is 0 Å². The third kappa shape index (κ3) is 2.71. The summed E-state index contributed by atoms with van der Waals surface area (Å²) in [5.41, 5.74) is 0.675. The highest BCUT2D eigenvalue weighted by molar-refractivity contribution is 7.80. The van der Waals surface area contributed by atoms with E-state index in [4.69, 9.17) is 9.29 Å². The molecule has 1 unspecified atom stereocenters. The molecule has 0 aliphatic heterocycles. The SMILES string of the molecule is CCOc1ccc(N(C)S(=O)O)cc1. The molecule has 1 aromatic carbocycles. The molecule has 1 N–H and O–H groups in total. The van der Waals surface area contributed by atoms with Gasteiger partial charge in [0.15, 0.2) is 0 Å². The number of benzene rings is 1. The minimum atomic E-state index is -1.98. The Kier molecular flexibility index (Phi) is 3.91. The molecule has 0 aliphatic carbocycles. The molecular weight excluding hydrogens is 202 g/mol. The molecule has 0 heterocycles. The normalized spacial score (nSPS) is 12.2. The van der Waals surface area contributed by atoms with Crippen LogP contribution in [-0.4, -0.2) is 22.4 Å². The molecule has 0 spiro atoms. The number of nitrogens with zero attached hydrogens (tertiary/aromatic N) is 1. The third-order valence-corrected chi connectivity index (χ3v) is 2.42. The van der Waals surface area contributed by atoms with Gasteiger partial charge in [-0.1, -0.05) is 0 Å². The maximum atomic E-state index is 10.7. The van der Waals surface area contributed by atoms with Crippen molar-refractivity contribution in [2.45, 2.75) is 6.92 Å². The van der Waals surface area contributed by atoms with Gasteiger partial charge in [-0.25, -0.2) is 4.21 Å². The standard InChI is InChI=1S/C9H13NO3S/c1-3-13-9-6-4-8(5-7-9)10(2)14(11)12/h4-7H,3H2,1-2H3,(H,11,12). The molecule has 0 saturated carbocycles. The first kappa shape index (κ1) is 11.0. The van der Waals surface area contributed by atoms with Crippen LogP contribution in [-0.2, 0) is 11.3 Å². The monoisotopic (exact) mass is 215 g/mol. The average molecular weight is 215 g/mol. The molecule has 78 valence electrons. The highest BCUT2D eigenvalue weighted by atomic mass is 32.2. The lowest BCUT2D eigenvalue weighted by Gasteiger charge is -2.13. The zero-order valence-electron chi connectivity index (χ0n) is 8.14. The molecule has 0 aliphatic rings. The Morgan fingerprint density at radius 2 is 2.00 bits per heavy atom. The minimum absolute atomic E-state index is 0.612. The second kappa shape index (κ2) is 4.97. The molecule has 0 radical (unpaired) electrons. The van der Waals surface area contributed by atoms with E-state index in [1.807, 2.05) is 6.92 Å².